The van der Waals surface area contributed by atoms with E-state index in [2.05, 4.69) is 178 Å². The van der Waals surface area contributed by atoms with Crippen LogP contribution in [0.15, 0.2) is 170 Å². The van der Waals surface area contributed by atoms with Gasteiger partial charge in [-0.05, 0) is 102 Å². The van der Waals surface area contributed by atoms with Gasteiger partial charge in [0.1, 0.15) is 5.82 Å². The minimum atomic E-state index is 0.934. The molecule has 7 aromatic carbocycles. The lowest BCUT2D eigenvalue weighted by molar-refractivity contribution is 1.10. The van der Waals surface area contributed by atoms with Gasteiger partial charge in [0.25, 0.3) is 0 Å². The number of para-hydroxylation sites is 5. The summed E-state index contributed by atoms with van der Waals surface area (Å²) in [5, 5.41) is 6.26. The van der Waals surface area contributed by atoms with Crippen LogP contribution in [0.5, 0.6) is 0 Å². The summed E-state index contributed by atoms with van der Waals surface area (Å²) in [5.41, 5.74) is 10.2. The third-order valence-electron chi connectivity index (χ3n) is 9.47. The maximum atomic E-state index is 5.09. The third-order valence-corrected chi connectivity index (χ3v) is 9.47. The molecule has 0 saturated carbocycles. The third kappa shape index (κ3) is 3.92. The van der Waals surface area contributed by atoms with Crippen LogP contribution >= 0.6 is 0 Å². The van der Waals surface area contributed by atoms with Crippen LogP contribution in [0.1, 0.15) is 0 Å². The molecule has 0 N–H and O–H groups in total. The van der Waals surface area contributed by atoms with E-state index >= 15 is 0 Å². The number of fused-ring (bicyclic) bond motifs is 7. The van der Waals surface area contributed by atoms with Crippen molar-refractivity contribution in [2.75, 3.05) is 0 Å². The molecule has 0 aliphatic carbocycles. The maximum absolute atomic E-state index is 5.09. The molecule has 0 fully saturated rings. The highest BCUT2D eigenvalue weighted by Gasteiger charge is 2.17. The molecule has 3 aromatic heterocycles. The Bertz CT molecular complexity index is 2760. The van der Waals surface area contributed by atoms with Crippen molar-refractivity contribution in [2.45, 2.75) is 0 Å². The van der Waals surface area contributed by atoms with Crippen molar-refractivity contribution < 1.29 is 0 Å². The lowest BCUT2D eigenvalue weighted by atomic mass is 10.0. The van der Waals surface area contributed by atoms with Gasteiger partial charge < -0.3 is 9.13 Å². The molecule has 0 aliphatic rings. The molecule has 3 heterocycles. The van der Waals surface area contributed by atoms with E-state index in [9.17, 15) is 0 Å². The zero-order valence-corrected chi connectivity index (χ0v) is 25.5. The molecular formula is C43H28N4. The summed E-state index contributed by atoms with van der Waals surface area (Å²) < 4.78 is 6.92. The highest BCUT2D eigenvalue weighted by atomic mass is 15.1. The number of hydrogen-bond donors (Lipinski definition) is 0. The summed E-state index contributed by atoms with van der Waals surface area (Å²) in [4.78, 5) is 5.09. The quantitative estimate of drug-likeness (QED) is 0.197. The molecule has 220 valence electrons. The number of nitrogens with zero attached hydrogens (tertiary/aromatic N) is 4. The molecule has 0 spiro atoms. The van der Waals surface area contributed by atoms with Crippen molar-refractivity contribution in [3.05, 3.63) is 170 Å². The highest BCUT2D eigenvalue weighted by molar-refractivity contribution is 6.18. The Morgan fingerprint density at radius 3 is 1.85 bits per heavy atom. The SMILES string of the molecule is c1ccc(-n2ccc3c4cc5c6ccccc6n(-c6ccc(-c7nc8ccccc8n7-c7ccccc7)cc6)c5cc4ccc32)cc1. The molecular weight excluding hydrogens is 573 g/mol. The number of imidazole rings is 1. The zero-order chi connectivity index (χ0) is 30.9. The predicted octanol–water partition coefficient (Wildman–Crippen LogP) is 10.9. The Kier molecular flexibility index (Phi) is 5.54. The van der Waals surface area contributed by atoms with Gasteiger partial charge in [-0.3, -0.25) is 4.57 Å². The Morgan fingerprint density at radius 2 is 1.04 bits per heavy atom. The van der Waals surface area contributed by atoms with E-state index in [0.29, 0.717) is 0 Å². The smallest absolute Gasteiger partial charge is 0.145 e. The van der Waals surface area contributed by atoms with Gasteiger partial charge in [0.15, 0.2) is 0 Å². The highest BCUT2D eigenvalue weighted by Crippen LogP contribution is 2.38. The van der Waals surface area contributed by atoms with E-state index in [-0.39, 0.29) is 0 Å². The van der Waals surface area contributed by atoms with Gasteiger partial charge in [0.2, 0.25) is 0 Å². The molecule has 0 amide bonds. The molecule has 0 unspecified atom stereocenters. The topological polar surface area (TPSA) is 27.7 Å². The van der Waals surface area contributed by atoms with E-state index in [0.717, 1.165) is 33.8 Å². The fraction of sp³-hybridized carbons (Fsp3) is 0. The molecule has 0 radical (unpaired) electrons. The maximum Gasteiger partial charge on any atom is 0.145 e. The summed E-state index contributed by atoms with van der Waals surface area (Å²) in [6.07, 6.45) is 2.18. The Hall–Kier alpha value is -6.39. The van der Waals surface area contributed by atoms with E-state index in [4.69, 9.17) is 4.98 Å². The van der Waals surface area contributed by atoms with Crippen LogP contribution in [0.25, 0.3) is 83.0 Å². The summed E-state index contributed by atoms with van der Waals surface area (Å²) in [7, 11) is 0. The van der Waals surface area contributed by atoms with Crippen molar-refractivity contribution in [1.82, 2.24) is 18.7 Å². The second-order valence-corrected chi connectivity index (χ2v) is 12.1. The van der Waals surface area contributed by atoms with E-state index in [1.807, 2.05) is 6.07 Å². The molecule has 10 rings (SSSR count). The van der Waals surface area contributed by atoms with Crippen molar-refractivity contribution in [2.24, 2.45) is 0 Å². The zero-order valence-electron chi connectivity index (χ0n) is 25.5. The van der Waals surface area contributed by atoms with Crippen LogP contribution in [0.2, 0.25) is 0 Å². The van der Waals surface area contributed by atoms with E-state index in [1.54, 1.807) is 0 Å². The summed E-state index contributed by atoms with van der Waals surface area (Å²) >= 11 is 0. The predicted molar refractivity (Wildman–Crippen MR) is 195 cm³/mol. The molecule has 0 saturated heterocycles. The minimum absolute atomic E-state index is 0.934. The largest absolute Gasteiger partial charge is 0.317 e. The first kappa shape index (κ1) is 25.9. The number of aromatic nitrogens is 4. The number of rotatable bonds is 4. The number of benzene rings is 7. The van der Waals surface area contributed by atoms with Crippen LogP contribution in [0.4, 0.5) is 0 Å². The van der Waals surface area contributed by atoms with Crippen LogP contribution in [-0.4, -0.2) is 18.7 Å². The summed E-state index contributed by atoms with van der Waals surface area (Å²) in [6, 6.07) is 58.5. The Balaban J connectivity index is 1.15. The van der Waals surface area contributed by atoms with Crippen LogP contribution in [0, 0.1) is 0 Å². The van der Waals surface area contributed by atoms with Crippen LogP contribution < -0.4 is 0 Å². The summed E-state index contributed by atoms with van der Waals surface area (Å²) in [6.45, 7) is 0. The van der Waals surface area contributed by atoms with Crippen LogP contribution in [-0.2, 0) is 0 Å². The van der Waals surface area contributed by atoms with Gasteiger partial charge in [-0.1, -0.05) is 72.8 Å². The van der Waals surface area contributed by atoms with Crippen molar-refractivity contribution >= 4 is 54.5 Å². The molecule has 47 heavy (non-hydrogen) atoms. The number of hydrogen-bond acceptors (Lipinski definition) is 1. The first-order valence-electron chi connectivity index (χ1n) is 16.0. The van der Waals surface area contributed by atoms with Crippen LogP contribution in [0.3, 0.4) is 0 Å². The average Bonchev–Trinajstić information content (AvgIpc) is 3.84. The molecule has 0 aliphatic heterocycles. The van der Waals surface area contributed by atoms with Crippen molar-refractivity contribution in [1.29, 1.82) is 0 Å². The second kappa shape index (κ2) is 10.1. The van der Waals surface area contributed by atoms with Crippen molar-refractivity contribution in [3.8, 4) is 28.5 Å². The fourth-order valence-corrected chi connectivity index (χ4v) is 7.32. The van der Waals surface area contributed by atoms with Gasteiger partial charge in [-0.15, -0.1) is 0 Å². The Morgan fingerprint density at radius 1 is 0.383 bits per heavy atom. The summed E-state index contributed by atoms with van der Waals surface area (Å²) in [5.74, 6) is 0.934. The molecule has 0 bridgehead atoms. The fourth-order valence-electron chi connectivity index (χ4n) is 7.32. The lowest BCUT2D eigenvalue weighted by Gasteiger charge is -2.12. The van der Waals surface area contributed by atoms with Gasteiger partial charge >= 0.3 is 0 Å². The molecule has 4 nitrogen and oxygen atoms in total. The standard InChI is InChI=1S/C43H28N4/c1-3-11-31(12-4-1)45-26-25-35-36-28-37-34-15-7-9-17-40(34)46(42(37)27-30(36)21-24-39(35)45)33-22-19-29(20-23-33)43-44-38-16-8-10-18-41(38)47(43)32-13-5-2-6-14-32/h1-28H. The normalized spacial score (nSPS) is 11.8. The van der Waals surface area contributed by atoms with Gasteiger partial charge in [0, 0.05) is 45.0 Å². The van der Waals surface area contributed by atoms with Gasteiger partial charge in [0.05, 0.1) is 27.6 Å². The average molecular weight is 601 g/mol. The first-order chi connectivity index (χ1) is 23.3. The minimum Gasteiger partial charge on any atom is -0.317 e. The first-order valence-corrected chi connectivity index (χ1v) is 16.0. The molecule has 0 atom stereocenters. The lowest BCUT2D eigenvalue weighted by Crippen LogP contribution is -1.98. The molecule has 4 heteroatoms. The van der Waals surface area contributed by atoms with E-state index in [1.165, 1.54) is 49.2 Å². The van der Waals surface area contributed by atoms with E-state index < -0.39 is 0 Å². The second-order valence-electron chi connectivity index (χ2n) is 12.1. The Labute approximate surface area is 271 Å². The van der Waals surface area contributed by atoms with Gasteiger partial charge in [-0.2, -0.15) is 0 Å². The van der Waals surface area contributed by atoms with Crippen molar-refractivity contribution in [3.63, 3.8) is 0 Å². The monoisotopic (exact) mass is 600 g/mol. The molecule has 10 aromatic rings. The van der Waals surface area contributed by atoms with Gasteiger partial charge in [-0.25, -0.2) is 4.98 Å².